The first kappa shape index (κ1) is 19.1. The number of aromatic amines is 1. The lowest BCUT2D eigenvalue weighted by molar-refractivity contribution is 0.0952. The number of benzene rings is 3. The number of nitrogens with one attached hydrogen (secondary N) is 2. The topological polar surface area (TPSA) is 54.1 Å². The lowest BCUT2D eigenvalue weighted by atomic mass is 9.91. The molecule has 1 heterocycles. The summed E-state index contributed by atoms with van der Waals surface area (Å²) in [6.45, 7) is 0.467. The van der Waals surface area contributed by atoms with Gasteiger partial charge in [-0.15, -0.1) is 0 Å². The third-order valence-electron chi connectivity index (χ3n) is 5.08. The van der Waals surface area contributed by atoms with Crippen molar-refractivity contribution in [2.45, 2.75) is 5.92 Å². The number of carbonyl (C=O) groups excluding carboxylic acids is 1. The number of hydrogen-bond donors (Lipinski definition) is 2. The Bertz CT molecular complexity index is 1140. The zero-order chi connectivity index (χ0) is 20.2. The largest absolute Gasteiger partial charge is 0.495 e. The fraction of sp³-hybridized carbons (Fsp3) is 0.125. The second kappa shape index (κ2) is 8.41. The van der Waals surface area contributed by atoms with Crippen molar-refractivity contribution >= 4 is 28.4 Å². The van der Waals surface area contributed by atoms with Crippen LogP contribution in [-0.2, 0) is 0 Å². The predicted octanol–water partition coefficient (Wildman–Crippen LogP) is 5.39. The average molecular weight is 405 g/mol. The zero-order valence-electron chi connectivity index (χ0n) is 16.0. The minimum absolute atomic E-state index is 0.0185. The molecule has 0 aliphatic heterocycles. The minimum Gasteiger partial charge on any atom is -0.495 e. The van der Waals surface area contributed by atoms with Gasteiger partial charge >= 0.3 is 0 Å². The maximum Gasteiger partial charge on any atom is 0.251 e. The van der Waals surface area contributed by atoms with Crippen LogP contribution in [0.4, 0.5) is 0 Å². The van der Waals surface area contributed by atoms with E-state index in [1.54, 1.807) is 25.3 Å². The van der Waals surface area contributed by atoms with E-state index in [1.165, 1.54) is 0 Å². The molecular formula is C24H21ClN2O2. The van der Waals surface area contributed by atoms with Crippen LogP contribution < -0.4 is 10.1 Å². The van der Waals surface area contributed by atoms with E-state index in [1.807, 2.05) is 36.5 Å². The van der Waals surface area contributed by atoms with E-state index in [2.05, 4.69) is 34.6 Å². The molecule has 0 radical (unpaired) electrons. The summed E-state index contributed by atoms with van der Waals surface area (Å²) >= 11 is 6.17. The van der Waals surface area contributed by atoms with Crippen molar-refractivity contribution in [1.29, 1.82) is 0 Å². The normalized spacial score (nSPS) is 11.9. The van der Waals surface area contributed by atoms with Crippen LogP contribution in [0.15, 0.2) is 79.0 Å². The molecule has 146 valence electrons. The second-order valence-electron chi connectivity index (χ2n) is 6.81. The zero-order valence-corrected chi connectivity index (χ0v) is 16.7. The smallest absolute Gasteiger partial charge is 0.251 e. The van der Waals surface area contributed by atoms with E-state index in [4.69, 9.17) is 16.3 Å². The van der Waals surface area contributed by atoms with Crippen molar-refractivity contribution in [3.8, 4) is 5.75 Å². The van der Waals surface area contributed by atoms with Crippen LogP contribution in [0, 0.1) is 0 Å². The Kier molecular flexibility index (Phi) is 5.54. The highest BCUT2D eigenvalue weighted by Gasteiger charge is 2.19. The van der Waals surface area contributed by atoms with E-state index in [0.717, 1.165) is 22.0 Å². The molecule has 4 rings (SSSR count). The van der Waals surface area contributed by atoms with Gasteiger partial charge in [-0.3, -0.25) is 4.79 Å². The van der Waals surface area contributed by atoms with Crippen LogP contribution in [-0.4, -0.2) is 24.5 Å². The van der Waals surface area contributed by atoms with Crippen LogP contribution in [0.3, 0.4) is 0 Å². The fourth-order valence-electron chi connectivity index (χ4n) is 3.58. The molecule has 2 N–H and O–H groups in total. The predicted molar refractivity (Wildman–Crippen MR) is 117 cm³/mol. The van der Waals surface area contributed by atoms with Gasteiger partial charge in [-0.1, -0.05) is 60.1 Å². The van der Waals surface area contributed by atoms with Gasteiger partial charge < -0.3 is 15.0 Å². The van der Waals surface area contributed by atoms with Crippen molar-refractivity contribution in [2.24, 2.45) is 0 Å². The van der Waals surface area contributed by atoms with Crippen molar-refractivity contribution in [2.75, 3.05) is 13.7 Å². The monoisotopic (exact) mass is 404 g/mol. The molecule has 5 heteroatoms. The Labute approximate surface area is 174 Å². The van der Waals surface area contributed by atoms with E-state index >= 15 is 0 Å². The summed E-state index contributed by atoms with van der Waals surface area (Å²) in [5, 5.41) is 4.63. The fourth-order valence-corrected chi connectivity index (χ4v) is 3.84. The number of aromatic nitrogens is 1. The van der Waals surface area contributed by atoms with Crippen LogP contribution in [0.2, 0.25) is 5.02 Å². The van der Waals surface area contributed by atoms with Gasteiger partial charge in [0.25, 0.3) is 5.91 Å². The Morgan fingerprint density at radius 1 is 1.07 bits per heavy atom. The summed E-state index contributed by atoms with van der Waals surface area (Å²) < 4.78 is 5.16. The lowest BCUT2D eigenvalue weighted by Gasteiger charge is -2.18. The van der Waals surface area contributed by atoms with Crippen LogP contribution in [0.5, 0.6) is 5.75 Å². The molecule has 0 fully saturated rings. The number of methoxy groups -OCH3 is 1. The number of amides is 1. The van der Waals surface area contributed by atoms with Crippen LogP contribution >= 0.6 is 11.6 Å². The first-order chi connectivity index (χ1) is 14.2. The average Bonchev–Trinajstić information content (AvgIpc) is 3.18. The molecular weight excluding hydrogens is 384 g/mol. The number of rotatable bonds is 6. The van der Waals surface area contributed by atoms with Gasteiger partial charge in [-0.05, 0) is 35.4 Å². The SMILES string of the molecule is COc1ccc(C(=O)NC[C@@H](c2ccccc2)c2c[nH]c3ccccc23)cc1Cl. The highest BCUT2D eigenvalue weighted by atomic mass is 35.5. The first-order valence-electron chi connectivity index (χ1n) is 9.40. The van der Waals surface area contributed by atoms with Gasteiger partial charge in [0.2, 0.25) is 0 Å². The van der Waals surface area contributed by atoms with Gasteiger partial charge in [0.15, 0.2) is 0 Å². The molecule has 1 aromatic heterocycles. The number of fused-ring (bicyclic) bond motifs is 1. The van der Waals surface area contributed by atoms with Gasteiger partial charge in [0.05, 0.1) is 12.1 Å². The molecule has 4 aromatic rings. The Morgan fingerprint density at radius 2 is 1.83 bits per heavy atom. The highest BCUT2D eigenvalue weighted by molar-refractivity contribution is 6.32. The Hall–Kier alpha value is -3.24. The molecule has 0 bridgehead atoms. The molecule has 0 saturated heterocycles. The first-order valence-corrected chi connectivity index (χ1v) is 9.78. The third-order valence-corrected chi connectivity index (χ3v) is 5.37. The van der Waals surface area contributed by atoms with E-state index in [9.17, 15) is 4.79 Å². The van der Waals surface area contributed by atoms with E-state index in [-0.39, 0.29) is 11.8 Å². The number of halogens is 1. The summed E-state index contributed by atoms with van der Waals surface area (Å²) in [7, 11) is 1.55. The third kappa shape index (κ3) is 3.98. The number of ether oxygens (including phenoxy) is 1. The maximum atomic E-state index is 12.7. The van der Waals surface area contributed by atoms with Crippen molar-refractivity contribution in [1.82, 2.24) is 10.3 Å². The van der Waals surface area contributed by atoms with Gasteiger partial charge in [-0.25, -0.2) is 0 Å². The molecule has 0 unspecified atom stereocenters. The molecule has 0 aliphatic rings. The molecule has 1 atom stereocenters. The van der Waals surface area contributed by atoms with Gasteiger partial charge in [-0.2, -0.15) is 0 Å². The molecule has 4 nitrogen and oxygen atoms in total. The van der Waals surface area contributed by atoms with Crippen LogP contribution in [0.25, 0.3) is 10.9 Å². The molecule has 0 aliphatic carbocycles. The molecule has 0 saturated carbocycles. The molecule has 3 aromatic carbocycles. The van der Waals surface area contributed by atoms with E-state index in [0.29, 0.717) is 22.9 Å². The van der Waals surface area contributed by atoms with Crippen molar-refractivity contribution in [3.05, 3.63) is 101 Å². The summed E-state index contributed by atoms with van der Waals surface area (Å²) in [5.74, 6) is 0.393. The summed E-state index contributed by atoms with van der Waals surface area (Å²) in [4.78, 5) is 16.1. The Morgan fingerprint density at radius 3 is 2.59 bits per heavy atom. The quantitative estimate of drug-likeness (QED) is 0.452. The Balaban J connectivity index is 1.61. The summed E-state index contributed by atoms with van der Waals surface area (Å²) in [6, 6.07) is 23.4. The molecule has 0 spiro atoms. The van der Waals surface area contributed by atoms with Crippen molar-refractivity contribution < 1.29 is 9.53 Å². The van der Waals surface area contributed by atoms with Crippen molar-refractivity contribution in [3.63, 3.8) is 0 Å². The molecule has 1 amide bonds. The summed E-state index contributed by atoms with van der Waals surface area (Å²) in [6.07, 6.45) is 2.03. The minimum atomic E-state index is -0.171. The number of para-hydroxylation sites is 1. The number of hydrogen-bond acceptors (Lipinski definition) is 2. The van der Waals surface area contributed by atoms with Gasteiger partial charge in [0.1, 0.15) is 5.75 Å². The summed E-state index contributed by atoms with van der Waals surface area (Å²) in [5.41, 5.74) is 3.88. The second-order valence-corrected chi connectivity index (χ2v) is 7.22. The van der Waals surface area contributed by atoms with Crippen LogP contribution in [0.1, 0.15) is 27.4 Å². The van der Waals surface area contributed by atoms with E-state index < -0.39 is 0 Å². The molecule has 29 heavy (non-hydrogen) atoms. The number of carbonyl (C=O) groups is 1. The maximum absolute atomic E-state index is 12.7. The highest BCUT2D eigenvalue weighted by Crippen LogP contribution is 2.30. The number of H-pyrrole nitrogens is 1. The standard InChI is InChI=1S/C24H21ClN2O2/c1-29-23-12-11-17(13-21(23)25)24(28)27-14-19(16-7-3-2-4-8-16)20-15-26-22-10-6-5-9-18(20)22/h2-13,15,19,26H,14H2,1H3,(H,27,28)/t19-/m0/s1. The lowest BCUT2D eigenvalue weighted by Crippen LogP contribution is -2.28. The van der Waals surface area contributed by atoms with Gasteiger partial charge in [0, 0.05) is 35.1 Å².